The number of benzene rings is 4. The number of carbonyl (C=O) groups excluding carboxylic acids is 1. The second-order valence-corrected chi connectivity index (χ2v) is 23.7. The summed E-state index contributed by atoms with van der Waals surface area (Å²) in [6.07, 6.45) is 18.6. The maximum atomic E-state index is 14.2. The average molecular weight is 1060 g/mol. The van der Waals surface area contributed by atoms with Crippen LogP contribution in [0.5, 0.6) is 11.5 Å². The van der Waals surface area contributed by atoms with Gasteiger partial charge in [0.15, 0.2) is 0 Å². The molecule has 0 spiro atoms. The second kappa shape index (κ2) is 24.5. The maximum Gasteiger partial charge on any atom is 0.506 e. The molecule has 6 aromatic rings. The molecule has 76 heavy (non-hydrogen) atoms. The molecule has 2 heterocycles. The van der Waals surface area contributed by atoms with Gasteiger partial charge in [-0.05, 0) is 197 Å². The minimum Gasteiger partial charge on any atom is -0.495 e. The molecule has 14 heteroatoms. The zero-order valence-corrected chi connectivity index (χ0v) is 45.3. The minimum atomic E-state index is -1.25. The number of hydrogen-bond acceptors (Lipinski definition) is 12. The Hall–Kier alpha value is -6.74. The van der Waals surface area contributed by atoms with Gasteiger partial charge in [0, 0.05) is 54.6 Å². The van der Waals surface area contributed by atoms with Gasteiger partial charge < -0.3 is 29.5 Å². The summed E-state index contributed by atoms with van der Waals surface area (Å²) in [5, 5.41) is 34.1. The average Bonchev–Trinajstić information content (AvgIpc) is 4.41. The molecule has 0 aliphatic heterocycles. The molecular weight excluding hydrogens is 989 g/mol. The van der Waals surface area contributed by atoms with Crippen molar-refractivity contribution in [2.75, 3.05) is 37.5 Å². The Kier molecular flexibility index (Phi) is 17.0. The van der Waals surface area contributed by atoms with Crippen LogP contribution in [0.1, 0.15) is 159 Å². The molecule has 5 saturated carbocycles. The lowest BCUT2D eigenvalue weighted by Crippen LogP contribution is -2.42. The SMILES string of the molecule is COc1ccc(C2CCC(CN(C(=O)C3CCC(OC(=O)O)CC3)c3cccc(-c4cnc(C5CC5)s4)c3)CC2)cc1C#N.COc1ccc(C2CCC(CNc3cccc(-c4cnc(C5CC5)s4)c3)CC2)cc1C#N. The van der Waals surface area contributed by atoms with Crippen molar-refractivity contribution in [3.05, 3.63) is 130 Å². The standard InChI is InChI=1S/C35H39N3O5S.C27H29N3OS/c1-42-31-16-13-26(17-28(31)19-36)23-7-5-22(6-8-23)21-38(34(39)25-11-14-30(15-12-25)43-35(40)41)29-4-2-3-27(18-29)32-20-37-33(44-32)24-9-10-24;1-31-25-12-11-21(13-23(25)15-28)19-7-5-18(6-8-19)16-29-24-4-2-3-22(14-24)26-17-30-27(32-26)20-9-10-20/h2-4,13,16-18,20,22-25,30H,5-12,14-15,21H2,1H3,(H,40,41);2-4,11-14,17-20,29H,5-10,16H2,1H3. The van der Waals surface area contributed by atoms with Crippen molar-refractivity contribution in [1.82, 2.24) is 9.97 Å². The number of thiazole rings is 2. The highest BCUT2D eigenvalue weighted by molar-refractivity contribution is 7.15. The van der Waals surface area contributed by atoms with Crippen LogP contribution in [0.25, 0.3) is 20.9 Å². The highest BCUT2D eigenvalue weighted by Gasteiger charge is 2.35. The van der Waals surface area contributed by atoms with E-state index in [9.17, 15) is 20.1 Å². The fourth-order valence-electron chi connectivity index (χ4n) is 11.6. The fourth-order valence-corrected chi connectivity index (χ4v) is 13.8. The Labute approximate surface area is 455 Å². The largest absolute Gasteiger partial charge is 0.506 e. The van der Waals surface area contributed by atoms with Gasteiger partial charge in [-0.2, -0.15) is 10.5 Å². The van der Waals surface area contributed by atoms with Crippen LogP contribution >= 0.6 is 22.7 Å². The number of carboxylic acid groups (broad SMARTS) is 1. The van der Waals surface area contributed by atoms with Gasteiger partial charge in [-0.1, -0.05) is 36.4 Å². The number of hydrogen-bond donors (Lipinski definition) is 2. The number of anilines is 2. The molecule has 2 aromatic heterocycles. The van der Waals surface area contributed by atoms with Crippen molar-refractivity contribution in [3.63, 3.8) is 0 Å². The van der Waals surface area contributed by atoms with Crippen LogP contribution in [0.4, 0.5) is 16.2 Å². The molecule has 5 fully saturated rings. The molecule has 4 aromatic carbocycles. The summed E-state index contributed by atoms with van der Waals surface area (Å²) >= 11 is 3.60. The summed E-state index contributed by atoms with van der Waals surface area (Å²) in [5.74, 6) is 4.53. The van der Waals surface area contributed by atoms with E-state index in [1.54, 1.807) is 25.6 Å². The van der Waals surface area contributed by atoms with E-state index in [1.807, 2.05) is 65.0 Å². The molecule has 394 valence electrons. The fraction of sp³-hybridized carbons (Fsp3) is 0.452. The molecule has 12 nitrogen and oxygen atoms in total. The molecule has 0 atom stereocenters. The maximum absolute atomic E-state index is 14.2. The van der Waals surface area contributed by atoms with Gasteiger partial charge >= 0.3 is 6.16 Å². The zero-order chi connectivity index (χ0) is 52.5. The van der Waals surface area contributed by atoms with E-state index >= 15 is 0 Å². The first kappa shape index (κ1) is 52.7. The van der Waals surface area contributed by atoms with E-state index in [-0.39, 0.29) is 17.9 Å². The van der Waals surface area contributed by atoms with Crippen LogP contribution < -0.4 is 19.7 Å². The zero-order valence-electron chi connectivity index (χ0n) is 43.6. The summed E-state index contributed by atoms with van der Waals surface area (Å²) in [5.41, 5.74) is 8.11. The molecular formula is C62H68N6O6S2. The number of nitrogens with zero attached hydrogens (tertiary/aromatic N) is 5. The van der Waals surface area contributed by atoms with Crippen LogP contribution in [0.15, 0.2) is 97.3 Å². The molecule has 0 bridgehead atoms. The number of methoxy groups -OCH3 is 2. The van der Waals surface area contributed by atoms with Gasteiger partial charge in [0.05, 0.1) is 45.1 Å². The van der Waals surface area contributed by atoms with Gasteiger partial charge in [-0.3, -0.25) is 4.79 Å². The normalized spacial score (nSPS) is 22.2. The lowest BCUT2D eigenvalue weighted by molar-refractivity contribution is -0.124. The molecule has 5 aliphatic carbocycles. The van der Waals surface area contributed by atoms with Crippen molar-refractivity contribution >= 4 is 46.1 Å². The topological polar surface area (TPSA) is 171 Å². The third-order valence-corrected chi connectivity index (χ3v) is 18.8. The van der Waals surface area contributed by atoms with Crippen LogP contribution in [-0.2, 0) is 9.53 Å². The molecule has 11 rings (SSSR count). The Morgan fingerprint density at radius 1 is 0.632 bits per heavy atom. The summed E-state index contributed by atoms with van der Waals surface area (Å²) in [6.45, 7) is 1.67. The third kappa shape index (κ3) is 13.1. The Balaban J connectivity index is 0.000000182. The van der Waals surface area contributed by atoms with Gasteiger partial charge in [-0.25, -0.2) is 14.8 Å². The lowest BCUT2D eigenvalue weighted by Gasteiger charge is -2.36. The van der Waals surface area contributed by atoms with Crippen molar-refractivity contribution in [2.45, 2.75) is 133 Å². The van der Waals surface area contributed by atoms with Crippen LogP contribution in [-0.4, -0.2) is 60.6 Å². The van der Waals surface area contributed by atoms with E-state index in [0.717, 1.165) is 54.3 Å². The number of nitrogens with one attached hydrogen (secondary N) is 1. The van der Waals surface area contributed by atoms with Crippen LogP contribution in [0, 0.1) is 40.4 Å². The Morgan fingerprint density at radius 2 is 1.14 bits per heavy atom. The summed E-state index contributed by atoms with van der Waals surface area (Å²) in [7, 11) is 3.20. The molecule has 1 amide bonds. The Bertz CT molecular complexity index is 3050. The van der Waals surface area contributed by atoms with E-state index < -0.39 is 6.16 Å². The Morgan fingerprint density at radius 3 is 1.66 bits per heavy atom. The predicted molar refractivity (Wildman–Crippen MR) is 300 cm³/mol. The molecule has 2 N–H and O–H groups in total. The number of nitriles is 2. The van der Waals surface area contributed by atoms with Crippen molar-refractivity contribution in [3.8, 4) is 44.5 Å². The summed E-state index contributed by atoms with van der Waals surface area (Å²) in [6, 6.07) is 33.6. The van der Waals surface area contributed by atoms with E-state index in [0.29, 0.717) is 84.4 Å². The third-order valence-electron chi connectivity index (χ3n) is 16.4. The summed E-state index contributed by atoms with van der Waals surface area (Å²) < 4.78 is 15.6. The number of carbonyl (C=O) groups is 2. The minimum absolute atomic E-state index is 0.120. The van der Waals surface area contributed by atoms with Crippen LogP contribution in [0.2, 0.25) is 0 Å². The smallest absolute Gasteiger partial charge is 0.495 e. The van der Waals surface area contributed by atoms with E-state index in [1.165, 1.54) is 88.6 Å². The molecule has 5 aliphatic rings. The van der Waals surface area contributed by atoms with Crippen molar-refractivity contribution in [1.29, 1.82) is 10.5 Å². The molecule has 0 radical (unpaired) electrons. The van der Waals surface area contributed by atoms with Crippen LogP contribution in [0.3, 0.4) is 0 Å². The van der Waals surface area contributed by atoms with Gasteiger partial charge in [0.2, 0.25) is 5.91 Å². The van der Waals surface area contributed by atoms with Gasteiger partial charge in [0.25, 0.3) is 0 Å². The molecule has 0 saturated heterocycles. The number of rotatable bonds is 16. The quantitative estimate of drug-likeness (QED) is 0.0884. The van der Waals surface area contributed by atoms with E-state index in [2.05, 4.69) is 76.0 Å². The lowest BCUT2D eigenvalue weighted by atomic mass is 9.78. The molecule has 0 unspecified atom stereocenters. The van der Waals surface area contributed by atoms with Gasteiger partial charge in [-0.15, -0.1) is 22.7 Å². The first-order chi connectivity index (χ1) is 37.1. The number of amides is 1. The second-order valence-electron chi connectivity index (χ2n) is 21.6. The highest BCUT2D eigenvalue weighted by atomic mass is 32.1. The van der Waals surface area contributed by atoms with Crippen molar-refractivity contribution in [2.24, 2.45) is 17.8 Å². The van der Waals surface area contributed by atoms with Gasteiger partial charge in [0.1, 0.15) is 29.7 Å². The number of ether oxygens (including phenoxy) is 3. The first-order valence-corrected chi connectivity index (χ1v) is 29.0. The highest BCUT2D eigenvalue weighted by Crippen LogP contribution is 2.46. The number of aromatic nitrogens is 2. The van der Waals surface area contributed by atoms with Crippen molar-refractivity contribution < 1.29 is 28.9 Å². The predicted octanol–water partition coefficient (Wildman–Crippen LogP) is 15.1. The monoisotopic (exact) mass is 1060 g/mol. The first-order valence-electron chi connectivity index (χ1n) is 27.4. The van der Waals surface area contributed by atoms with E-state index in [4.69, 9.17) is 19.3 Å². The summed E-state index contributed by atoms with van der Waals surface area (Å²) in [4.78, 5) is 38.9.